The molecule has 0 bridgehead atoms. The van der Waals surface area contributed by atoms with Gasteiger partial charge in [-0.1, -0.05) is 0 Å². The van der Waals surface area contributed by atoms with E-state index in [0.717, 1.165) is 30.4 Å². The molecule has 0 aromatic carbocycles. The van der Waals surface area contributed by atoms with Crippen molar-refractivity contribution in [3.05, 3.63) is 0 Å². The van der Waals surface area contributed by atoms with E-state index >= 15 is 0 Å². The Morgan fingerprint density at radius 2 is 1.53 bits per heavy atom. The molecule has 0 aromatic heterocycles. The predicted molar refractivity (Wildman–Crippen MR) is 65.2 cm³/mol. The zero-order valence-corrected chi connectivity index (χ0v) is 11.6. The van der Waals surface area contributed by atoms with Gasteiger partial charge in [0.05, 0.1) is 0 Å². The second kappa shape index (κ2) is 9.62. The molecule has 0 rings (SSSR count). The van der Waals surface area contributed by atoms with Crippen LogP contribution in [0.1, 0.15) is 12.8 Å². The van der Waals surface area contributed by atoms with E-state index in [9.17, 15) is 0 Å². The van der Waals surface area contributed by atoms with Gasteiger partial charge in [0.1, 0.15) is 0 Å². The normalized spacial score (nSPS) is 12.0. The van der Waals surface area contributed by atoms with Crippen molar-refractivity contribution < 1.29 is 18.4 Å². The molecule has 0 fully saturated rings. The number of rotatable bonds is 10. The molecule has 0 spiro atoms. The average Bonchev–Trinajstić information content (AvgIpc) is 2.29. The van der Waals surface area contributed by atoms with Crippen LogP contribution in [0.4, 0.5) is 0 Å². The Kier molecular flexibility index (Phi) is 9.88. The zero-order valence-electron chi connectivity index (χ0n) is 9.82. The summed E-state index contributed by atoms with van der Waals surface area (Å²) in [6.07, 6.45) is 1.89. The average molecular weight is 254 g/mol. The fourth-order valence-electron chi connectivity index (χ4n) is 1.22. The van der Waals surface area contributed by atoms with Gasteiger partial charge in [-0.05, 0) is 24.3 Å². The Balaban J connectivity index is 3.54. The van der Waals surface area contributed by atoms with Gasteiger partial charge in [-0.15, -0.1) is 0 Å². The van der Waals surface area contributed by atoms with Crippen LogP contribution in [0.5, 0.6) is 0 Å². The van der Waals surface area contributed by atoms with Crippen LogP contribution in [0.25, 0.3) is 0 Å². The zero-order chi connectivity index (χ0) is 11.6. The van der Waals surface area contributed by atoms with E-state index in [-0.39, 0.29) is 6.61 Å². The summed E-state index contributed by atoms with van der Waals surface area (Å²) in [6.45, 7) is 0.278. The summed E-state index contributed by atoms with van der Waals surface area (Å²) in [5.74, 6) is 2.07. The van der Waals surface area contributed by atoms with Crippen LogP contribution in [0, 0.1) is 0 Å². The minimum absolute atomic E-state index is 0.278. The van der Waals surface area contributed by atoms with Gasteiger partial charge in [-0.2, -0.15) is 11.8 Å². The maximum atomic E-state index is 8.60. The van der Waals surface area contributed by atoms with Gasteiger partial charge in [0.25, 0.3) is 0 Å². The minimum atomic E-state index is -2.35. The van der Waals surface area contributed by atoms with Crippen molar-refractivity contribution in [2.75, 3.05) is 39.4 Å². The van der Waals surface area contributed by atoms with Crippen molar-refractivity contribution in [2.45, 2.75) is 18.9 Å². The largest absolute Gasteiger partial charge is 0.500 e. The number of thioether (sulfide) groups is 1. The molecule has 1 N–H and O–H groups in total. The number of aliphatic hydroxyl groups excluding tert-OH is 1. The van der Waals surface area contributed by atoms with E-state index in [0.29, 0.717) is 0 Å². The number of aliphatic hydroxyl groups is 1. The van der Waals surface area contributed by atoms with E-state index in [1.54, 1.807) is 21.3 Å². The summed E-state index contributed by atoms with van der Waals surface area (Å²) in [7, 11) is 2.56. The topological polar surface area (TPSA) is 47.9 Å². The Bertz CT molecular complexity index is 136. The predicted octanol–water partition coefficient (Wildman–Crippen LogP) is 1.37. The van der Waals surface area contributed by atoms with Gasteiger partial charge < -0.3 is 18.4 Å². The maximum absolute atomic E-state index is 8.60. The fraction of sp³-hybridized carbons (Fsp3) is 1.00. The van der Waals surface area contributed by atoms with Crippen LogP contribution >= 0.6 is 11.8 Å². The van der Waals surface area contributed by atoms with Crippen LogP contribution in [0.15, 0.2) is 0 Å². The van der Waals surface area contributed by atoms with E-state index in [1.165, 1.54) is 0 Å². The van der Waals surface area contributed by atoms with Crippen LogP contribution in [-0.2, 0) is 13.3 Å². The molecule has 0 aliphatic heterocycles. The second-order valence-corrected chi connectivity index (χ2v) is 7.40. The second-order valence-electron chi connectivity index (χ2n) is 3.09. The third-order valence-electron chi connectivity index (χ3n) is 2.15. The van der Waals surface area contributed by atoms with Crippen molar-refractivity contribution in [2.24, 2.45) is 0 Å². The third kappa shape index (κ3) is 6.55. The molecule has 0 heterocycles. The van der Waals surface area contributed by atoms with Crippen molar-refractivity contribution >= 4 is 20.6 Å². The first-order valence-electron chi connectivity index (χ1n) is 5.08. The summed E-state index contributed by atoms with van der Waals surface area (Å²) in [4.78, 5) is 0. The van der Waals surface area contributed by atoms with Crippen molar-refractivity contribution in [1.82, 2.24) is 0 Å². The molecular weight excluding hydrogens is 232 g/mol. The van der Waals surface area contributed by atoms with E-state index < -0.39 is 8.80 Å². The Morgan fingerprint density at radius 1 is 1.00 bits per heavy atom. The number of hydrogen-bond acceptors (Lipinski definition) is 5. The molecule has 0 aliphatic carbocycles. The highest BCUT2D eigenvalue weighted by Crippen LogP contribution is 2.17. The molecule has 0 aromatic rings. The van der Waals surface area contributed by atoms with Crippen LogP contribution in [0.3, 0.4) is 0 Å². The molecule has 0 aliphatic rings. The molecule has 0 amide bonds. The van der Waals surface area contributed by atoms with Crippen LogP contribution < -0.4 is 0 Å². The van der Waals surface area contributed by atoms with Crippen LogP contribution in [0.2, 0.25) is 6.04 Å². The molecular formula is C9H22O4SSi. The first kappa shape index (κ1) is 15.4. The van der Waals surface area contributed by atoms with E-state index in [4.69, 9.17) is 18.4 Å². The fourth-order valence-corrected chi connectivity index (χ4v) is 4.08. The molecule has 0 unspecified atom stereocenters. The summed E-state index contributed by atoms with van der Waals surface area (Å²) < 4.78 is 15.9. The Morgan fingerprint density at radius 3 is 2.00 bits per heavy atom. The lowest BCUT2D eigenvalue weighted by Crippen LogP contribution is -2.42. The lowest BCUT2D eigenvalue weighted by Gasteiger charge is -2.24. The van der Waals surface area contributed by atoms with Gasteiger partial charge in [0.15, 0.2) is 0 Å². The first-order valence-corrected chi connectivity index (χ1v) is 8.17. The van der Waals surface area contributed by atoms with Gasteiger partial charge in [0, 0.05) is 34.0 Å². The summed E-state index contributed by atoms with van der Waals surface area (Å²) >= 11 is 1.85. The molecule has 0 radical (unpaired) electrons. The van der Waals surface area contributed by atoms with Crippen molar-refractivity contribution in [3.63, 3.8) is 0 Å². The number of hydrogen-bond donors (Lipinski definition) is 1. The lowest BCUT2D eigenvalue weighted by atomic mass is 10.5. The van der Waals surface area contributed by atoms with E-state index in [2.05, 4.69) is 0 Å². The molecule has 92 valence electrons. The minimum Gasteiger partial charge on any atom is -0.396 e. The third-order valence-corrected chi connectivity index (χ3v) is 6.14. The molecule has 6 heteroatoms. The van der Waals surface area contributed by atoms with Crippen molar-refractivity contribution in [1.29, 1.82) is 0 Å². The maximum Gasteiger partial charge on any atom is 0.500 e. The molecule has 0 saturated carbocycles. The quantitative estimate of drug-likeness (QED) is 0.471. The molecule has 0 atom stereocenters. The molecule has 4 nitrogen and oxygen atoms in total. The highest BCUT2D eigenvalue weighted by atomic mass is 32.2. The highest BCUT2D eigenvalue weighted by Gasteiger charge is 2.36. The Hall–Kier alpha value is 0.407. The van der Waals surface area contributed by atoms with Crippen LogP contribution in [-0.4, -0.2) is 53.4 Å². The van der Waals surface area contributed by atoms with Gasteiger partial charge in [-0.25, -0.2) is 0 Å². The Labute approximate surface area is 97.7 Å². The standard InChI is InChI=1S/C9H22O4SSi/c1-11-15(12-2,13-3)9-5-8-14-7-4-6-10/h10H,4-9H2,1-3H3. The molecule has 0 saturated heterocycles. The van der Waals surface area contributed by atoms with Gasteiger partial charge in [0.2, 0.25) is 0 Å². The monoisotopic (exact) mass is 254 g/mol. The SMILES string of the molecule is CO[Si](CCCSCCCO)(OC)OC. The lowest BCUT2D eigenvalue weighted by molar-refractivity contribution is 0.123. The summed E-state index contributed by atoms with van der Waals surface area (Å²) in [5, 5.41) is 8.60. The van der Waals surface area contributed by atoms with E-state index in [1.807, 2.05) is 11.8 Å². The highest BCUT2D eigenvalue weighted by molar-refractivity contribution is 7.99. The van der Waals surface area contributed by atoms with Gasteiger partial charge in [-0.3, -0.25) is 0 Å². The summed E-state index contributed by atoms with van der Waals surface area (Å²) in [6, 6.07) is 0.850. The summed E-state index contributed by atoms with van der Waals surface area (Å²) in [5.41, 5.74) is 0. The van der Waals surface area contributed by atoms with Gasteiger partial charge >= 0.3 is 8.80 Å². The smallest absolute Gasteiger partial charge is 0.396 e. The molecule has 15 heavy (non-hydrogen) atoms. The van der Waals surface area contributed by atoms with Crippen molar-refractivity contribution in [3.8, 4) is 0 Å². The first-order chi connectivity index (χ1) is 7.24.